The van der Waals surface area contributed by atoms with E-state index in [4.69, 9.17) is 14.2 Å². The van der Waals surface area contributed by atoms with Crippen molar-refractivity contribution < 1.29 is 28.6 Å². The molecule has 0 unspecified atom stereocenters. The molecule has 1 aromatic carbocycles. The van der Waals surface area contributed by atoms with Crippen LogP contribution in [0.5, 0.6) is 11.5 Å². The van der Waals surface area contributed by atoms with Gasteiger partial charge in [0.15, 0.2) is 11.5 Å². The molecule has 0 bridgehead atoms. The number of likely N-dealkylation sites (N-methyl/N-ethyl adjacent to an activating group) is 1. The molecule has 0 amide bonds. The fraction of sp³-hybridized carbons (Fsp3) is 0.769. The zero-order valence-electron chi connectivity index (χ0n) is 29.8. The quantitative estimate of drug-likeness (QED) is 0.0382. The standard InChI is InChI=1S/C39H70NO5/c1-5-7-9-11-13-15-17-19-21-23-32-43-37-27-25-36(26-28-39(42)45-34-30-40(3,4)29-31-41)35-38(37)44-33-24-22-20-18-16-14-12-10-8-6-2/h25-28,35,41H,5-24,29-34H2,1-4H3/q+1. The molecule has 0 aliphatic carbocycles. The molecule has 0 spiro atoms. The van der Waals surface area contributed by atoms with Crippen molar-refractivity contribution in [2.45, 2.75) is 142 Å². The minimum absolute atomic E-state index is 0.114. The van der Waals surface area contributed by atoms with Crippen molar-refractivity contribution in [1.82, 2.24) is 0 Å². The Balaban J connectivity index is 2.52. The average Bonchev–Trinajstić information content (AvgIpc) is 3.02. The van der Waals surface area contributed by atoms with Gasteiger partial charge in [0, 0.05) is 6.08 Å². The van der Waals surface area contributed by atoms with E-state index in [1.54, 1.807) is 6.08 Å². The van der Waals surface area contributed by atoms with Crippen LogP contribution in [0.15, 0.2) is 24.3 Å². The number of nitrogens with zero attached hydrogens (tertiary/aromatic N) is 1. The van der Waals surface area contributed by atoms with E-state index < -0.39 is 0 Å². The fourth-order valence-corrected chi connectivity index (χ4v) is 5.39. The largest absolute Gasteiger partial charge is 0.490 e. The third-order valence-electron chi connectivity index (χ3n) is 8.54. The summed E-state index contributed by atoms with van der Waals surface area (Å²) in [7, 11) is 4.02. The molecular weight excluding hydrogens is 562 g/mol. The summed E-state index contributed by atoms with van der Waals surface area (Å²) in [6.45, 7) is 7.61. The van der Waals surface area contributed by atoms with E-state index in [2.05, 4.69) is 13.8 Å². The molecule has 6 nitrogen and oxygen atoms in total. The Morgan fingerprint density at radius 3 is 1.60 bits per heavy atom. The van der Waals surface area contributed by atoms with Crippen molar-refractivity contribution in [3.8, 4) is 11.5 Å². The van der Waals surface area contributed by atoms with Crippen molar-refractivity contribution in [1.29, 1.82) is 0 Å². The Hall–Kier alpha value is -2.05. The van der Waals surface area contributed by atoms with Crippen LogP contribution >= 0.6 is 0 Å². The monoisotopic (exact) mass is 633 g/mol. The number of benzene rings is 1. The number of hydrogen-bond acceptors (Lipinski definition) is 5. The number of carbonyl (C=O) groups excluding carboxylic acids is 1. The van der Waals surface area contributed by atoms with E-state index in [9.17, 15) is 9.90 Å². The maximum Gasteiger partial charge on any atom is 0.330 e. The average molecular weight is 633 g/mol. The number of aliphatic hydroxyl groups excluding tert-OH is 1. The molecule has 0 atom stereocenters. The maximum atomic E-state index is 12.3. The van der Waals surface area contributed by atoms with Crippen LogP contribution in [0.25, 0.3) is 6.08 Å². The van der Waals surface area contributed by atoms with Crippen molar-refractivity contribution >= 4 is 12.0 Å². The first-order valence-corrected chi connectivity index (χ1v) is 18.6. The van der Waals surface area contributed by atoms with E-state index in [1.807, 2.05) is 32.3 Å². The molecule has 6 heteroatoms. The first-order valence-electron chi connectivity index (χ1n) is 18.6. The smallest absolute Gasteiger partial charge is 0.330 e. The van der Waals surface area contributed by atoms with Gasteiger partial charge in [-0.25, -0.2) is 4.79 Å². The number of quaternary nitrogens is 1. The zero-order valence-corrected chi connectivity index (χ0v) is 29.8. The molecule has 0 saturated carbocycles. The van der Waals surface area contributed by atoms with Gasteiger partial charge in [0.1, 0.15) is 19.7 Å². The highest BCUT2D eigenvalue weighted by Crippen LogP contribution is 2.30. The number of aliphatic hydroxyl groups is 1. The molecule has 1 N–H and O–H groups in total. The van der Waals surface area contributed by atoms with Gasteiger partial charge in [0.05, 0.1) is 33.9 Å². The summed E-state index contributed by atoms with van der Waals surface area (Å²) in [6.07, 6.45) is 29.2. The molecule has 1 aromatic rings. The minimum atomic E-state index is -0.367. The second-order valence-corrected chi connectivity index (χ2v) is 13.4. The Morgan fingerprint density at radius 2 is 1.11 bits per heavy atom. The van der Waals surface area contributed by atoms with Gasteiger partial charge in [-0.3, -0.25) is 0 Å². The van der Waals surface area contributed by atoms with Gasteiger partial charge >= 0.3 is 5.97 Å². The molecule has 0 heterocycles. The zero-order chi connectivity index (χ0) is 32.9. The predicted molar refractivity (Wildman–Crippen MR) is 190 cm³/mol. The number of unbranched alkanes of at least 4 members (excludes halogenated alkanes) is 18. The molecule has 0 aliphatic rings. The van der Waals surface area contributed by atoms with Crippen molar-refractivity contribution in [2.24, 2.45) is 0 Å². The van der Waals surface area contributed by atoms with Crippen LogP contribution in [0.4, 0.5) is 0 Å². The van der Waals surface area contributed by atoms with Gasteiger partial charge in [0.25, 0.3) is 0 Å². The molecule has 0 aromatic heterocycles. The lowest BCUT2D eigenvalue weighted by Crippen LogP contribution is -2.44. The summed E-state index contributed by atoms with van der Waals surface area (Å²) in [5.74, 6) is 1.16. The molecule has 0 aliphatic heterocycles. The maximum absolute atomic E-state index is 12.3. The Morgan fingerprint density at radius 1 is 0.644 bits per heavy atom. The summed E-state index contributed by atoms with van der Waals surface area (Å²) in [6, 6.07) is 5.89. The summed E-state index contributed by atoms with van der Waals surface area (Å²) in [4.78, 5) is 12.3. The summed E-state index contributed by atoms with van der Waals surface area (Å²) in [5.41, 5.74) is 0.882. The molecule has 0 radical (unpaired) electrons. The first kappa shape index (κ1) is 41.0. The Bertz CT molecular complexity index is 869. The van der Waals surface area contributed by atoms with Crippen LogP contribution in [0.1, 0.15) is 148 Å². The lowest BCUT2D eigenvalue weighted by Gasteiger charge is -2.28. The molecule has 260 valence electrons. The normalized spacial score (nSPS) is 11.8. The van der Waals surface area contributed by atoms with Crippen molar-refractivity contribution in [3.63, 3.8) is 0 Å². The van der Waals surface area contributed by atoms with Gasteiger partial charge < -0.3 is 23.8 Å². The highest BCUT2D eigenvalue weighted by molar-refractivity contribution is 5.87. The molecular formula is C39H70NO5+. The van der Waals surface area contributed by atoms with Gasteiger partial charge in [-0.1, -0.05) is 135 Å². The van der Waals surface area contributed by atoms with Crippen molar-refractivity contribution in [3.05, 3.63) is 29.8 Å². The molecule has 0 saturated heterocycles. The van der Waals surface area contributed by atoms with Gasteiger partial charge in [-0.05, 0) is 36.6 Å². The van der Waals surface area contributed by atoms with Crippen LogP contribution in [0.3, 0.4) is 0 Å². The summed E-state index contributed by atoms with van der Waals surface area (Å²) < 4.78 is 18.4. The van der Waals surface area contributed by atoms with E-state index in [-0.39, 0.29) is 12.6 Å². The Kier molecular flexibility index (Phi) is 25.7. The number of rotatable bonds is 31. The van der Waals surface area contributed by atoms with Crippen molar-refractivity contribution in [2.75, 3.05) is 53.6 Å². The number of esters is 1. The highest BCUT2D eigenvalue weighted by atomic mass is 16.5. The lowest BCUT2D eigenvalue weighted by molar-refractivity contribution is -0.890. The summed E-state index contributed by atoms with van der Waals surface area (Å²) >= 11 is 0. The Labute approximate surface area is 277 Å². The van der Waals surface area contributed by atoms with Crippen LogP contribution in [0.2, 0.25) is 0 Å². The van der Waals surface area contributed by atoms with E-state index in [1.165, 1.54) is 122 Å². The second-order valence-electron chi connectivity index (χ2n) is 13.4. The van der Waals surface area contributed by atoms with Crippen LogP contribution in [-0.4, -0.2) is 69.2 Å². The van der Waals surface area contributed by atoms with Crippen LogP contribution in [-0.2, 0) is 9.53 Å². The van der Waals surface area contributed by atoms with E-state index in [0.717, 1.165) is 29.9 Å². The van der Waals surface area contributed by atoms with Gasteiger partial charge in [0.2, 0.25) is 0 Å². The highest BCUT2D eigenvalue weighted by Gasteiger charge is 2.14. The fourth-order valence-electron chi connectivity index (χ4n) is 5.39. The number of ether oxygens (including phenoxy) is 3. The van der Waals surface area contributed by atoms with Gasteiger partial charge in [-0.2, -0.15) is 0 Å². The first-order chi connectivity index (χ1) is 21.9. The molecule has 45 heavy (non-hydrogen) atoms. The van der Waals surface area contributed by atoms with E-state index in [0.29, 0.717) is 37.4 Å². The minimum Gasteiger partial charge on any atom is -0.490 e. The SMILES string of the molecule is CCCCCCCCCCCCOc1ccc(C=CC(=O)OCC[N+](C)(C)CCO)cc1OCCCCCCCCCCCC. The second kappa shape index (κ2) is 28.2. The third kappa shape index (κ3) is 23.9. The lowest BCUT2D eigenvalue weighted by atomic mass is 10.1. The number of carbonyl (C=O) groups is 1. The molecule has 0 fully saturated rings. The van der Waals surface area contributed by atoms with E-state index >= 15 is 0 Å². The third-order valence-corrected chi connectivity index (χ3v) is 8.54. The van der Waals surface area contributed by atoms with Crippen LogP contribution < -0.4 is 9.47 Å². The number of hydrogen-bond donors (Lipinski definition) is 1. The molecule has 1 rings (SSSR count). The predicted octanol–water partition coefficient (Wildman–Crippen LogP) is 9.91. The van der Waals surface area contributed by atoms with Gasteiger partial charge in [-0.15, -0.1) is 0 Å². The summed E-state index contributed by atoms with van der Waals surface area (Å²) in [5, 5.41) is 9.18. The topological polar surface area (TPSA) is 65.0 Å². The van der Waals surface area contributed by atoms with Crippen LogP contribution in [0, 0.1) is 0 Å².